The first kappa shape index (κ1) is 17.3. The molecule has 2 aromatic carbocycles. The molecule has 7 heteroatoms. The van der Waals surface area contributed by atoms with Gasteiger partial charge >= 0.3 is 6.18 Å². The van der Waals surface area contributed by atoms with Crippen molar-refractivity contribution in [2.75, 3.05) is 11.9 Å². The number of hydrogen-bond acceptors (Lipinski definition) is 2. The molecule has 1 atom stereocenters. The summed E-state index contributed by atoms with van der Waals surface area (Å²) in [5.41, 5.74) is -1.03. The third-order valence-corrected chi connectivity index (χ3v) is 4.56. The van der Waals surface area contributed by atoms with Crippen LogP contribution in [0.3, 0.4) is 0 Å². The lowest BCUT2D eigenvalue weighted by molar-refractivity contribution is -0.168. The molecule has 0 aromatic heterocycles. The third kappa shape index (κ3) is 3.45. The predicted molar refractivity (Wildman–Crippen MR) is 88.0 cm³/mol. The van der Waals surface area contributed by atoms with Gasteiger partial charge in [0.25, 0.3) is 0 Å². The highest BCUT2D eigenvalue weighted by molar-refractivity contribution is 6.03. The van der Waals surface area contributed by atoms with Crippen LogP contribution >= 0.6 is 0 Å². The second kappa shape index (κ2) is 6.06. The molecule has 0 spiro atoms. The van der Waals surface area contributed by atoms with Crippen molar-refractivity contribution in [3.05, 3.63) is 42.5 Å². The number of carbonyl (C=O) groups is 2. The van der Waals surface area contributed by atoms with Gasteiger partial charge in [-0.05, 0) is 36.2 Å². The Morgan fingerprint density at radius 1 is 1.20 bits per heavy atom. The van der Waals surface area contributed by atoms with Crippen LogP contribution in [0.4, 0.5) is 18.9 Å². The van der Waals surface area contributed by atoms with Crippen molar-refractivity contribution in [2.45, 2.75) is 31.5 Å². The zero-order chi connectivity index (χ0) is 18.2. The van der Waals surface area contributed by atoms with Crippen LogP contribution < -0.4 is 5.32 Å². The quantitative estimate of drug-likeness (QED) is 0.917. The van der Waals surface area contributed by atoms with Crippen molar-refractivity contribution >= 4 is 28.3 Å². The summed E-state index contributed by atoms with van der Waals surface area (Å²) >= 11 is 0. The fraction of sp³-hybridized carbons (Fsp3) is 0.333. The largest absolute Gasteiger partial charge is 0.406 e. The molecule has 3 rings (SSSR count). The lowest BCUT2D eigenvalue weighted by Gasteiger charge is -2.34. The Balaban J connectivity index is 1.83. The Labute approximate surface area is 142 Å². The maximum atomic E-state index is 12.8. The van der Waals surface area contributed by atoms with Gasteiger partial charge in [0.1, 0.15) is 12.1 Å². The average molecular weight is 350 g/mol. The van der Waals surface area contributed by atoms with Crippen molar-refractivity contribution in [1.82, 2.24) is 4.90 Å². The molecule has 1 fully saturated rings. The van der Waals surface area contributed by atoms with Crippen LogP contribution in [0.15, 0.2) is 42.5 Å². The first-order valence-electron chi connectivity index (χ1n) is 7.86. The lowest BCUT2D eigenvalue weighted by atomic mass is 9.97. The summed E-state index contributed by atoms with van der Waals surface area (Å²) in [6.07, 6.45) is -4.57. The van der Waals surface area contributed by atoms with Crippen molar-refractivity contribution in [1.29, 1.82) is 0 Å². The molecule has 1 N–H and O–H groups in total. The Morgan fingerprint density at radius 3 is 2.56 bits per heavy atom. The highest BCUT2D eigenvalue weighted by Gasteiger charge is 2.51. The van der Waals surface area contributed by atoms with Gasteiger partial charge in [0.05, 0.1) is 0 Å². The number of rotatable bonds is 3. The SMILES string of the molecule is CC1(C(=O)Nc2ccc3ccccc3c2)CCC(=O)N1CC(F)(F)F. The number of nitrogens with one attached hydrogen (secondary N) is 1. The van der Waals surface area contributed by atoms with Gasteiger partial charge in [0, 0.05) is 12.1 Å². The van der Waals surface area contributed by atoms with Gasteiger partial charge in [-0.3, -0.25) is 9.59 Å². The second-order valence-electron chi connectivity index (χ2n) is 6.38. The minimum atomic E-state index is -4.55. The molecule has 4 nitrogen and oxygen atoms in total. The highest BCUT2D eigenvalue weighted by atomic mass is 19.4. The van der Waals surface area contributed by atoms with Crippen LogP contribution in [-0.2, 0) is 9.59 Å². The molecular weight excluding hydrogens is 333 g/mol. The van der Waals surface area contributed by atoms with Crippen molar-refractivity contribution < 1.29 is 22.8 Å². The second-order valence-corrected chi connectivity index (χ2v) is 6.38. The lowest BCUT2D eigenvalue weighted by Crippen LogP contribution is -2.54. The van der Waals surface area contributed by atoms with E-state index < -0.39 is 30.1 Å². The first-order valence-corrected chi connectivity index (χ1v) is 7.86. The van der Waals surface area contributed by atoms with Crippen LogP contribution in [0, 0.1) is 0 Å². The van der Waals surface area contributed by atoms with Crippen LogP contribution in [-0.4, -0.2) is 35.0 Å². The molecule has 25 heavy (non-hydrogen) atoms. The number of anilines is 1. The summed E-state index contributed by atoms with van der Waals surface area (Å²) < 4.78 is 38.3. The average Bonchev–Trinajstić information content (AvgIpc) is 2.83. The Kier molecular flexibility index (Phi) is 4.18. The van der Waals surface area contributed by atoms with E-state index in [0.29, 0.717) is 10.6 Å². The monoisotopic (exact) mass is 350 g/mol. The number of hydrogen-bond donors (Lipinski definition) is 1. The number of amides is 2. The van der Waals surface area contributed by atoms with E-state index in [9.17, 15) is 22.8 Å². The Hall–Kier alpha value is -2.57. The van der Waals surface area contributed by atoms with Gasteiger partial charge in [-0.1, -0.05) is 30.3 Å². The summed E-state index contributed by atoms with van der Waals surface area (Å²) in [6, 6.07) is 12.8. The molecule has 1 unspecified atom stereocenters. The van der Waals surface area contributed by atoms with Crippen LogP contribution in [0.25, 0.3) is 10.8 Å². The topological polar surface area (TPSA) is 49.4 Å². The van der Waals surface area contributed by atoms with E-state index in [-0.39, 0.29) is 12.8 Å². The summed E-state index contributed by atoms with van der Waals surface area (Å²) in [5.74, 6) is -1.27. The molecule has 1 heterocycles. The number of alkyl halides is 3. The first-order chi connectivity index (χ1) is 11.7. The van der Waals surface area contributed by atoms with Crippen molar-refractivity contribution in [2.24, 2.45) is 0 Å². The van der Waals surface area contributed by atoms with Gasteiger partial charge < -0.3 is 10.2 Å². The van der Waals surface area contributed by atoms with Crippen molar-refractivity contribution in [3.63, 3.8) is 0 Å². The molecular formula is C18H17F3N2O2. The number of benzene rings is 2. The zero-order valence-electron chi connectivity index (χ0n) is 13.6. The van der Waals surface area contributed by atoms with Crippen LogP contribution in [0.5, 0.6) is 0 Å². The Morgan fingerprint density at radius 2 is 1.88 bits per heavy atom. The number of carbonyl (C=O) groups excluding carboxylic acids is 2. The molecule has 1 aliphatic heterocycles. The van der Waals surface area contributed by atoms with Crippen LogP contribution in [0.2, 0.25) is 0 Å². The molecule has 0 aliphatic carbocycles. The molecule has 2 aromatic rings. The Bertz CT molecular complexity index is 834. The van der Waals surface area contributed by atoms with Gasteiger partial charge in [0.15, 0.2) is 0 Å². The van der Waals surface area contributed by atoms with E-state index in [1.165, 1.54) is 6.92 Å². The van der Waals surface area contributed by atoms with Gasteiger partial charge in [0.2, 0.25) is 11.8 Å². The van der Waals surface area contributed by atoms with E-state index in [2.05, 4.69) is 5.32 Å². The summed E-state index contributed by atoms with van der Waals surface area (Å²) in [4.78, 5) is 25.1. The molecule has 2 amide bonds. The molecule has 1 aliphatic rings. The molecule has 1 saturated heterocycles. The van der Waals surface area contributed by atoms with E-state index in [1.54, 1.807) is 12.1 Å². The number of nitrogens with zero attached hydrogens (tertiary/aromatic N) is 1. The maximum Gasteiger partial charge on any atom is 0.406 e. The molecule has 0 radical (unpaired) electrons. The predicted octanol–water partition coefficient (Wildman–Crippen LogP) is 3.72. The van der Waals surface area contributed by atoms with Gasteiger partial charge in [-0.2, -0.15) is 13.2 Å². The molecule has 0 bridgehead atoms. The fourth-order valence-electron chi connectivity index (χ4n) is 3.11. The number of halogens is 3. The van der Waals surface area contributed by atoms with Crippen LogP contribution in [0.1, 0.15) is 19.8 Å². The smallest absolute Gasteiger partial charge is 0.324 e. The van der Waals surface area contributed by atoms with E-state index >= 15 is 0 Å². The van der Waals surface area contributed by atoms with Crippen molar-refractivity contribution in [3.8, 4) is 0 Å². The number of fused-ring (bicyclic) bond motifs is 1. The number of likely N-dealkylation sites (tertiary alicyclic amines) is 1. The molecule has 132 valence electrons. The zero-order valence-corrected chi connectivity index (χ0v) is 13.6. The normalized spacial score (nSPS) is 21.0. The standard InChI is InChI=1S/C18H17F3N2O2/c1-17(9-8-15(24)23(17)11-18(19,20)21)16(25)22-14-7-6-12-4-2-3-5-13(12)10-14/h2-7,10H,8-9,11H2,1H3,(H,22,25). The van der Waals surface area contributed by atoms with E-state index in [1.807, 2.05) is 30.3 Å². The van der Waals surface area contributed by atoms with Gasteiger partial charge in [-0.25, -0.2) is 0 Å². The summed E-state index contributed by atoms with van der Waals surface area (Å²) in [5, 5.41) is 4.54. The summed E-state index contributed by atoms with van der Waals surface area (Å²) in [7, 11) is 0. The fourth-order valence-corrected chi connectivity index (χ4v) is 3.11. The third-order valence-electron chi connectivity index (χ3n) is 4.56. The molecule has 0 saturated carbocycles. The maximum absolute atomic E-state index is 12.8. The van der Waals surface area contributed by atoms with Gasteiger partial charge in [-0.15, -0.1) is 0 Å². The van der Waals surface area contributed by atoms with E-state index in [0.717, 1.165) is 10.8 Å². The minimum absolute atomic E-state index is 0.0569. The van der Waals surface area contributed by atoms with E-state index in [4.69, 9.17) is 0 Å². The highest BCUT2D eigenvalue weighted by Crippen LogP contribution is 2.34. The minimum Gasteiger partial charge on any atom is -0.324 e. The summed E-state index contributed by atoms with van der Waals surface area (Å²) in [6.45, 7) is -0.0481.